The number of benzene rings is 3. The molecular weight excluding hydrogens is 419 g/mol. The summed E-state index contributed by atoms with van der Waals surface area (Å²) in [5.41, 5.74) is 7.26. The summed E-state index contributed by atoms with van der Waals surface area (Å²) >= 11 is 0. The van der Waals surface area contributed by atoms with E-state index in [4.69, 9.17) is 13.7 Å². The normalized spacial score (nSPS) is 18.7. The van der Waals surface area contributed by atoms with E-state index < -0.39 is 0 Å². The van der Waals surface area contributed by atoms with Crippen LogP contribution in [0.5, 0.6) is 0 Å². The molecule has 6 rings (SSSR count). The minimum atomic E-state index is -0.352. The Labute approximate surface area is 201 Å². The predicted molar refractivity (Wildman–Crippen MR) is 139 cm³/mol. The zero-order valence-corrected chi connectivity index (χ0v) is 20.2. The topological polar surface area (TPSA) is 31.6 Å². The number of rotatable bonds is 3. The monoisotopic (exact) mass is 448 g/mol. The van der Waals surface area contributed by atoms with Gasteiger partial charge in [-0.15, -0.1) is 0 Å². The highest BCUT2D eigenvalue weighted by Gasteiger charge is 2.51. The lowest BCUT2D eigenvalue weighted by Crippen LogP contribution is -2.41. The number of aryl methyl sites for hydroxylation is 1. The second-order valence-corrected chi connectivity index (χ2v) is 10.3. The lowest BCUT2D eigenvalue weighted by molar-refractivity contribution is 0.00578. The molecule has 2 aliphatic rings. The van der Waals surface area contributed by atoms with Crippen molar-refractivity contribution in [3.63, 3.8) is 0 Å². The highest BCUT2D eigenvalue weighted by molar-refractivity contribution is 6.62. The van der Waals surface area contributed by atoms with Gasteiger partial charge in [-0.25, -0.2) is 0 Å². The SMILES string of the molecule is CC1(C)OB(c2ccc(C3=CCCc4c3oc3c(-c5ccccc5)cccc43)cc2)OC1(C)C. The molecule has 4 heteroatoms. The molecule has 1 aromatic heterocycles. The summed E-state index contributed by atoms with van der Waals surface area (Å²) in [6.45, 7) is 8.34. The number of fused-ring (bicyclic) bond motifs is 3. The van der Waals surface area contributed by atoms with Gasteiger partial charge in [-0.3, -0.25) is 0 Å². The Morgan fingerprint density at radius 2 is 1.44 bits per heavy atom. The molecule has 2 heterocycles. The van der Waals surface area contributed by atoms with E-state index in [0.29, 0.717) is 0 Å². The minimum Gasteiger partial charge on any atom is -0.455 e. The molecule has 0 saturated carbocycles. The molecule has 0 radical (unpaired) electrons. The van der Waals surface area contributed by atoms with Crippen molar-refractivity contribution >= 4 is 29.1 Å². The fourth-order valence-electron chi connectivity index (χ4n) is 4.98. The number of furan rings is 1. The number of allylic oxidation sites excluding steroid dienone is 1. The zero-order chi connectivity index (χ0) is 23.5. The highest BCUT2D eigenvalue weighted by atomic mass is 16.7. The molecule has 0 spiro atoms. The van der Waals surface area contributed by atoms with E-state index in [0.717, 1.165) is 46.3 Å². The van der Waals surface area contributed by atoms with Crippen LogP contribution in [0, 0.1) is 0 Å². The summed E-state index contributed by atoms with van der Waals surface area (Å²) < 4.78 is 19.1. The first-order valence-corrected chi connectivity index (χ1v) is 12.1. The molecule has 1 aliphatic heterocycles. The van der Waals surface area contributed by atoms with Crippen LogP contribution in [0.1, 0.15) is 51.0 Å². The largest absolute Gasteiger partial charge is 0.494 e. The van der Waals surface area contributed by atoms with E-state index in [2.05, 4.69) is 101 Å². The van der Waals surface area contributed by atoms with Crippen LogP contribution in [0.4, 0.5) is 0 Å². The predicted octanol–water partition coefficient (Wildman–Crippen LogP) is 6.78. The van der Waals surface area contributed by atoms with Crippen LogP contribution >= 0.6 is 0 Å². The number of hydrogen-bond donors (Lipinski definition) is 0. The van der Waals surface area contributed by atoms with Crippen molar-refractivity contribution in [3.8, 4) is 11.1 Å². The van der Waals surface area contributed by atoms with E-state index in [1.165, 1.54) is 16.5 Å². The maximum absolute atomic E-state index is 6.61. The van der Waals surface area contributed by atoms with Gasteiger partial charge >= 0.3 is 7.12 Å². The third-order valence-corrected chi connectivity index (χ3v) is 7.64. The van der Waals surface area contributed by atoms with E-state index >= 15 is 0 Å². The van der Waals surface area contributed by atoms with Gasteiger partial charge in [0.2, 0.25) is 0 Å². The van der Waals surface area contributed by atoms with Crippen molar-refractivity contribution < 1.29 is 13.7 Å². The smallest absolute Gasteiger partial charge is 0.455 e. The van der Waals surface area contributed by atoms with Crippen molar-refractivity contribution in [2.24, 2.45) is 0 Å². The maximum atomic E-state index is 6.61. The van der Waals surface area contributed by atoms with Crippen LogP contribution in [-0.4, -0.2) is 18.3 Å². The molecule has 1 fully saturated rings. The molecule has 0 unspecified atom stereocenters. The molecule has 0 atom stereocenters. The Balaban J connectivity index is 1.37. The average Bonchev–Trinajstić information content (AvgIpc) is 3.33. The molecule has 0 N–H and O–H groups in total. The van der Waals surface area contributed by atoms with Crippen LogP contribution in [0.15, 0.2) is 83.3 Å². The second-order valence-electron chi connectivity index (χ2n) is 10.3. The first kappa shape index (κ1) is 21.5. The van der Waals surface area contributed by atoms with E-state index in [-0.39, 0.29) is 18.3 Å². The standard InChI is InChI=1S/C30H29BO3/c1-29(2)30(3,4)34-31(33-29)22-18-16-21(17-19-22)24-13-9-15-26-25-14-8-12-23(27(25)32-28(24)26)20-10-6-5-7-11-20/h5-8,10-14,16-19H,9,15H2,1-4H3. The maximum Gasteiger partial charge on any atom is 0.494 e. The Kier molecular flexibility index (Phi) is 4.88. The fraction of sp³-hybridized carbons (Fsp3) is 0.267. The third kappa shape index (κ3) is 3.36. The summed E-state index contributed by atoms with van der Waals surface area (Å²) in [5, 5.41) is 1.22. The minimum absolute atomic E-state index is 0.345. The van der Waals surface area contributed by atoms with Crippen LogP contribution < -0.4 is 5.46 Å². The molecule has 3 nitrogen and oxygen atoms in total. The molecule has 0 amide bonds. The van der Waals surface area contributed by atoms with Gasteiger partial charge in [0, 0.05) is 22.1 Å². The van der Waals surface area contributed by atoms with Gasteiger partial charge in [0.25, 0.3) is 0 Å². The van der Waals surface area contributed by atoms with Gasteiger partial charge in [-0.2, -0.15) is 0 Å². The summed E-state index contributed by atoms with van der Waals surface area (Å²) in [4.78, 5) is 0. The van der Waals surface area contributed by atoms with Gasteiger partial charge < -0.3 is 13.7 Å². The highest BCUT2D eigenvalue weighted by Crippen LogP contribution is 2.41. The van der Waals surface area contributed by atoms with Gasteiger partial charge in [0.05, 0.1) is 11.2 Å². The Morgan fingerprint density at radius 1 is 0.735 bits per heavy atom. The fourth-order valence-corrected chi connectivity index (χ4v) is 4.98. The zero-order valence-electron chi connectivity index (χ0n) is 20.2. The van der Waals surface area contributed by atoms with E-state index in [1.807, 2.05) is 6.07 Å². The summed E-state index contributed by atoms with van der Waals surface area (Å²) in [6, 6.07) is 25.5. The van der Waals surface area contributed by atoms with Crippen LogP contribution in [0.2, 0.25) is 0 Å². The Morgan fingerprint density at radius 3 is 2.15 bits per heavy atom. The third-order valence-electron chi connectivity index (χ3n) is 7.64. The quantitative estimate of drug-likeness (QED) is 0.324. The number of para-hydroxylation sites is 1. The van der Waals surface area contributed by atoms with Crippen molar-refractivity contribution in [2.75, 3.05) is 0 Å². The molecule has 3 aromatic carbocycles. The van der Waals surface area contributed by atoms with E-state index in [9.17, 15) is 0 Å². The molecular formula is C30H29BO3. The van der Waals surface area contributed by atoms with Crippen molar-refractivity contribution in [1.29, 1.82) is 0 Å². The second kappa shape index (κ2) is 7.73. The lowest BCUT2D eigenvalue weighted by atomic mass is 9.78. The Bertz CT molecular complexity index is 1380. The first-order valence-electron chi connectivity index (χ1n) is 12.1. The summed E-state index contributed by atoms with van der Waals surface area (Å²) in [5.74, 6) is 0.994. The number of hydrogen-bond acceptors (Lipinski definition) is 3. The van der Waals surface area contributed by atoms with Crippen LogP contribution in [0.3, 0.4) is 0 Å². The summed E-state index contributed by atoms with van der Waals surface area (Å²) in [7, 11) is -0.352. The van der Waals surface area contributed by atoms with Crippen LogP contribution in [-0.2, 0) is 15.7 Å². The van der Waals surface area contributed by atoms with Gasteiger partial charge in [0.15, 0.2) is 0 Å². The van der Waals surface area contributed by atoms with Crippen molar-refractivity contribution in [2.45, 2.75) is 51.7 Å². The van der Waals surface area contributed by atoms with Gasteiger partial charge in [0.1, 0.15) is 11.3 Å². The van der Waals surface area contributed by atoms with Gasteiger partial charge in [-0.1, -0.05) is 78.9 Å². The molecule has 1 saturated heterocycles. The van der Waals surface area contributed by atoms with Crippen molar-refractivity contribution in [3.05, 3.63) is 95.8 Å². The van der Waals surface area contributed by atoms with Gasteiger partial charge in [-0.05, 0) is 57.1 Å². The molecule has 1 aliphatic carbocycles. The van der Waals surface area contributed by atoms with E-state index in [1.54, 1.807) is 0 Å². The lowest BCUT2D eigenvalue weighted by Gasteiger charge is -2.32. The molecule has 170 valence electrons. The van der Waals surface area contributed by atoms with Crippen LogP contribution in [0.25, 0.3) is 27.7 Å². The summed E-state index contributed by atoms with van der Waals surface area (Å²) in [6.07, 6.45) is 4.30. The molecule has 0 bridgehead atoms. The average molecular weight is 448 g/mol. The first-order chi connectivity index (χ1) is 16.3. The molecule has 4 aromatic rings. The molecule has 34 heavy (non-hydrogen) atoms. The van der Waals surface area contributed by atoms with Crippen molar-refractivity contribution in [1.82, 2.24) is 0 Å². The Hall–Kier alpha value is -3.08.